The van der Waals surface area contributed by atoms with Crippen LogP contribution >= 0.6 is 24.8 Å². The zero-order valence-corrected chi connectivity index (χ0v) is 37.3. The first-order chi connectivity index (χ1) is 28.3. The molecule has 0 radical (unpaired) electrons. The molecule has 5 atom stereocenters. The van der Waals surface area contributed by atoms with Gasteiger partial charge in [-0.1, -0.05) is 48.6 Å². The van der Waals surface area contributed by atoms with Crippen LogP contribution in [0.15, 0.2) is 54.7 Å². The number of hydrogen-bond donors (Lipinski definition) is 1. The smallest absolute Gasteiger partial charge is 0.303 e. The molecular formula is C45H60Cl2N4O10. The Hall–Kier alpha value is -4.47. The summed E-state index contributed by atoms with van der Waals surface area (Å²) in [4.78, 5) is 65.8. The Morgan fingerprint density at radius 2 is 1.49 bits per heavy atom. The molecule has 14 nitrogen and oxygen atoms in total. The fraction of sp³-hybridized carbons (Fsp3) is 0.533. The molecule has 3 saturated heterocycles. The summed E-state index contributed by atoms with van der Waals surface area (Å²) >= 11 is 0. The number of piperidine rings is 2. The number of carbonyl (C=O) groups excluding carboxylic acids is 5. The molecule has 1 aromatic heterocycles. The summed E-state index contributed by atoms with van der Waals surface area (Å²) in [7, 11) is 0. The van der Waals surface area contributed by atoms with Gasteiger partial charge in [-0.05, 0) is 85.7 Å². The quantitative estimate of drug-likeness (QED) is 0.164. The van der Waals surface area contributed by atoms with Crippen LogP contribution in [0, 0.1) is 12.3 Å². The van der Waals surface area contributed by atoms with Crippen LogP contribution in [0.4, 0.5) is 0 Å². The maximum Gasteiger partial charge on any atom is 0.303 e. The van der Waals surface area contributed by atoms with E-state index in [-0.39, 0.29) is 43.9 Å². The predicted molar refractivity (Wildman–Crippen MR) is 234 cm³/mol. The van der Waals surface area contributed by atoms with Gasteiger partial charge in [0.25, 0.3) is 0 Å². The molecule has 0 aliphatic carbocycles. The second-order valence-corrected chi connectivity index (χ2v) is 16.2. The number of ether oxygens (including phenoxy) is 5. The Labute approximate surface area is 370 Å². The van der Waals surface area contributed by atoms with Crippen LogP contribution < -0.4 is 5.73 Å². The van der Waals surface area contributed by atoms with E-state index in [1.54, 1.807) is 0 Å². The second-order valence-electron chi connectivity index (χ2n) is 16.2. The molecule has 0 saturated carbocycles. The monoisotopic (exact) mass is 886 g/mol. The van der Waals surface area contributed by atoms with Crippen molar-refractivity contribution in [3.8, 4) is 0 Å². The standard InChI is InChI=1S/C45H58N4O10.2ClH/c1-29-10-8-12-37-40(29)36(26-49(37)44-43(58-33(5)53)42(57-32(4)52)41(56-31(3)51)38(59-44)27-55-30(2)50)24-35-15-13-34(14-16-35)11-6-7-20-47-21-9-17-45(28-47)18-22-48(23-19-45)39(54)25-46;;/h6,8,10-16,26,38,41-44H,7,9,17-25,27-28,46H2,1-5H3;2*1H/t38-,41-,42+,43-,44-;;/m1../s1. The molecule has 6 rings (SSSR count). The van der Waals surface area contributed by atoms with Crippen LogP contribution in [0.2, 0.25) is 0 Å². The Balaban J connectivity index is 0.00000410. The zero-order chi connectivity index (χ0) is 42.3. The van der Waals surface area contributed by atoms with Crippen LogP contribution in [0.25, 0.3) is 17.0 Å². The summed E-state index contributed by atoms with van der Waals surface area (Å²) in [6, 6.07) is 14.3. The van der Waals surface area contributed by atoms with Crippen LogP contribution in [0.1, 0.15) is 88.3 Å². The Morgan fingerprint density at radius 3 is 2.13 bits per heavy atom. The van der Waals surface area contributed by atoms with Gasteiger partial charge in [-0.25, -0.2) is 0 Å². The molecule has 4 heterocycles. The molecule has 3 aliphatic rings. The van der Waals surface area contributed by atoms with E-state index >= 15 is 0 Å². The van der Waals surface area contributed by atoms with Gasteiger partial charge in [-0.3, -0.25) is 24.0 Å². The highest BCUT2D eigenvalue weighted by molar-refractivity contribution is 5.88. The van der Waals surface area contributed by atoms with Gasteiger partial charge in [0.2, 0.25) is 5.91 Å². The number of carbonyl (C=O) groups is 5. The molecule has 3 fully saturated rings. The SMILES string of the molecule is CC(=O)OC[C@H]1O[C@@H](n2cc(Cc3ccc(C=CCCN4CCCC5(CCN(C(=O)CN)CC5)C4)cc3)c3c(C)cccc32)[C@H](OC(C)=O)[C@@H](OC(C)=O)[C@@H]1OC(C)=O.Cl.Cl. The summed E-state index contributed by atoms with van der Waals surface area (Å²) in [5, 5.41) is 0.985. The van der Waals surface area contributed by atoms with Crippen LogP contribution in [-0.4, -0.2) is 114 Å². The van der Waals surface area contributed by atoms with Crippen LogP contribution in [-0.2, 0) is 54.1 Å². The third-order valence-corrected chi connectivity index (χ3v) is 11.8. The topological polar surface area (TPSA) is 169 Å². The molecule has 2 aromatic carbocycles. The number of rotatable bonds is 13. The molecule has 2 N–H and O–H groups in total. The van der Waals surface area contributed by atoms with Crippen molar-refractivity contribution in [2.75, 3.05) is 45.9 Å². The van der Waals surface area contributed by atoms with Gasteiger partial charge in [0.05, 0.1) is 12.1 Å². The van der Waals surface area contributed by atoms with Gasteiger partial charge in [-0.2, -0.15) is 0 Å². The van der Waals surface area contributed by atoms with Gasteiger partial charge in [-0.15, -0.1) is 24.8 Å². The van der Waals surface area contributed by atoms with Gasteiger partial charge in [0, 0.05) is 65.5 Å². The summed E-state index contributed by atoms with van der Waals surface area (Å²) < 4.78 is 30.8. The van der Waals surface area contributed by atoms with Crippen molar-refractivity contribution < 1.29 is 47.7 Å². The summed E-state index contributed by atoms with van der Waals surface area (Å²) in [5.41, 5.74) is 10.9. The van der Waals surface area contributed by atoms with E-state index in [0.29, 0.717) is 11.8 Å². The number of benzene rings is 2. The van der Waals surface area contributed by atoms with Crippen molar-refractivity contribution in [2.45, 2.75) is 104 Å². The first kappa shape index (κ1) is 49.2. The van der Waals surface area contributed by atoms with Crippen LogP contribution in [0.5, 0.6) is 0 Å². The van der Waals surface area contributed by atoms with Crippen molar-refractivity contribution in [3.05, 3.63) is 77.0 Å². The van der Waals surface area contributed by atoms with E-state index in [0.717, 1.165) is 85.1 Å². The third kappa shape index (κ3) is 12.3. The van der Waals surface area contributed by atoms with Crippen molar-refractivity contribution in [1.82, 2.24) is 14.4 Å². The lowest BCUT2D eigenvalue weighted by molar-refractivity contribution is -0.267. The van der Waals surface area contributed by atoms with E-state index in [9.17, 15) is 24.0 Å². The van der Waals surface area contributed by atoms with Gasteiger partial charge in [0.15, 0.2) is 24.5 Å². The van der Waals surface area contributed by atoms with Crippen molar-refractivity contribution in [1.29, 1.82) is 0 Å². The molecule has 1 spiro atoms. The lowest BCUT2D eigenvalue weighted by Gasteiger charge is -2.47. The summed E-state index contributed by atoms with van der Waals surface area (Å²) in [6.07, 6.45) is 6.53. The molecular weight excluding hydrogens is 827 g/mol. The fourth-order valence-electron chi connectivity index (χ4n) is 9.07. The number of nitrogens with two attached hydrogens (primary N) is 1. The number of aryl methyl sites for hydroxylation is 1. The number of likely N-dealkylation sites (tertiary alicyclic amines) is 2. The molecule has 334 valence electrons. The second kappa shape index (κ2) is 22.1. The van der Waals surface area contributed by atoms with Crippen molar-refractivity contribution in [2.24, 2.45) is 11.1 Å². The minimum Gasteiger partial charge on any atom is -0.463 e. The maximum atomic E-state index is 12.6. The van der Waals surface area contributed by atoms with E-state index < -0.39 is 54.5 Å². The highest BCUT2D eigenvalue weighted by Gasteiger charge is 2.53. The van der Waals surface area contributed by atoms with Crippen molar-refractivity contribution in [3.63, 3.8) is 0 Å². The maximum absolute atomic E-state index is 12.6. The largest absolute Gasteiger partial charge is 0.463 e. The lowest BCUT2D eigenvalue weighted by atomic mass is 9.72. The highest BCUT2D eigenvalue weighted by Crippen LogP contribution is 2.41. The minimum absolute atomic E-state index is 0. The highest BCUT2D eigenvalue weighted by atomic mass is 35.5. The van der Waals surface area contributed by atoms with Gasteiger partial charge < -0.3 is 43.8 Å². The predicted octanol–water partition coefficient (Wildman–Crippen LogP) is 5.71. The zero-order valence-electron chi connectivity index (χ0n) is 35.7. The molecule has 16 heteroatoms. The summed E-state index contributed by atoms with van der Waals surface area (Å²) in [5.74, 6) is -2.55. The van der Waals surface area contributed by atoms with E-state index in [1.165, 1.54) is 40.5 Å². The van der Waals surface area contributed by atoms with Gasteiger partial charge >= 0.3 is 23.9 Å². The third-order valence-electron chi connectivity index (χ3n) is 11.8. The fourth-order valence-corrected chi connectivity index (χ4v) is 9.07. The number of amides is 1. The van der Waals surface area contributed by atoms with E-state index in [4.69, 9.17) is 29.4 Å². The van der Waals surface area contributed by atoms with Gasteiger partial charge in [0.1, 0.15) is 12.7 Å². The average molecular weight is 888 g/mol. The molecule has 0 bridgehead atoms. The minimum atomic E-state index is -1.28. The number of fused-ring (bicyclic) bond motifs is 1. The number of aromatic nitrogens is 1. The molecule has 0 unspecified atom stereocenters. The van der Waals surface area contributed by atoms with Crippen LogP contribution in [0.3, 0.4) is 0 Å². The first-order valence-electron chi connectivity index (χ1n) is 20.6. The average Bonchev–Trinajstić information content (AvgIpc) is 3.56. The molecule has 1 amide bonds. The number of nitrogens with zero attached hydrogens (tertiary/aromatic N) is 3. The van der Waals surface area contributed by atoms with E-state index in [2.05, 4.69) is 41.3 Å². The Bertz CT molecular complexity index is 2030. The Kier molecular flexibility index (Phi) is 17.8. The lowest BCUT2D eigenvalue weighted by Crippen LogP contribution is -2.60. The molecule has 3 aliphatic heterocycles. The molecule has 3 aromatic rings. The normalized spacial score (nSPS) is 22.5. The number of hydrogen-bond acceptors (Lipinski definition) is 12. The first-order valence-corrected chi connectivity index (χ1v) is 20.6. The van der Waals surface area contributed by atoms with Crippen molar-refractivity contribution >= 4 is 71.6 Å². The van der Waals surface area contributed by atoms with E-state index in [1.807, 2.05) is 40.8 Å². The number of halogens is 2. The summed E-state index contributed by atoms with van der Waals surface area (Å²) in [6.45, 7) is 11.5. The number of esters is 4. The Morgan fingerprint density at radius 1 is 0.836 bits per heavy atom. The molecule has 61 heavy (non-hydrogen) atoms.